The first-order chi connectivity index (χ1) is 13.3. The van der Waals surface area contributed by atoms with Gasteiger partial charge >= 0.3 is 0 Å². The number of anilines is 1. The van der Waals surface area contributed by atoms with Crippen molar-refractivity contribution in [2.24, 2.45) is 0 Å². The summed E-state index contributed by atoms with van der Waals surface area (Å²) in [6.45, 7) is 0.0782. The van der Waals surface area contributed by atoms with Crippen molar-refractivity contribution in [3.05, 3.63) is 57.1 Å². The summed E-state index contributed by atoms with van der Waals surface area (Å²) in [6, 6.07) is 8.47. The summed E-state index contributed by atoms with van der Waals surface area (Å²) in [5.74, 6) is 0.141. The van der Waals surface area contributed by atoms with E-state index in [-0.39, 0.29) is 29.4 Å². The minimum absolute atomic E-state index is 0.0137. The summed E-state index contributed by atoms with van der Waals surface area (Å²) in [6.07, 6.45) is -0.0137. The molecule has 0 aliphatic carbocycles. The number of halogens is 1. The van der Waals surface area contributed by atoms with Gasteiger partial charge in [-0.15, -0.1) is 0 Å². The lowest BCUT2D eigenvalue weighted by atomic mass is 10.2. The molecule has 0 radical (unpaired) electrons. The highest BCUT2D eigenvalue weighted by Crippen LogP contribution is 2.26. The highest BCUT2D eigenvalue weighted by atomic mass is 35.5. The summed E-state index contributed by atoms with van der Waals surface area (Å²) >= 11 is 5.93. The largest absolute Gasteiger partial charge is 0.497 e. The number of carbonyl (C=O) groups is 2. The Labute approximate surface area is 165 Å². The molecule has 2 aromatic carbocycles. The van der Waals surface area contributed by atoms with Gasteiger partial charge in [0, 0.05) is 36.7 Å². The van der Waals surface area contributed by atoms with Gasteiger partial charge in [0.15, 0.2) is 0 Å². The Hall–Kier alpha value is -3.33. The molecule has 0 saturated heterocycles. The van der Waals surface area contributed by atoms with Crippen LogP contribution in [0.4, 0.5) is 11.4 Å². The number of methoxy groups -OCH3 is 2. The molecular formula is C18H18ClN3O6. The van der Waals surface area contributed by atoms with Crippen molar-refractivity contribution >= 4 is 34.8 Å². The zero-order valence-electron chi connectivity index (χ0n) is 15.2. The molecule has 2 amide bonds. The van der Waals surface area contributed by atoms with Crippen LogP contribution in [-0.4, -0.2) is 37.5 Å². The van der Waals surface area contributed by atoms with Gasteiger partial charge in [-0.1, -0.05) is 11.6 Å². The van der Waals surface area contributed by atoms with Crippen LogP contribution in [-0.2, 0) is 4.79 Å². The average molecular weight is 408 g/mol. The Bertz CT molecular complexity index is 881. The van der Waals surface area contributed by atoms with Gasteiger partial charge in [-0.05, 0) is 18.2 Å². The molecule has 0 spiro atoms. The first-order valence-corrected chi connectivity index (χ1v) is 8.47. The minimum Gasteiger partial charge on any atom is -0.497 e. The molecule has 10 heteroatoms. The number of amides is 2. The van der Waals surface area contributed by atoms with E-state index in [9.17, 15) is 19.7 Å². The molecule has 0 aromatic heterocycles. The van der Waals surface area contributed by atoms with Crippen LogP contribution in [0.15, 0.2) is 36.4 Å². The first-order valence-electron chi connectivity index (χ1n) is 8.09. The van der Waals surface area contributed by atoms with Crippen LogP contribution in [0.2, 0.25) is 5.02 Å². The van der Waals surface area contributed by atoms with Crippen molar-refractivity contribution in [2.45, 2.75) is 6.42 Å². The third-order valence-corrected chi connectivity index (χ3v) is 4.00. The van der Waals surface area contributed by atoms with Crippen LogP contribution < -0.4 is 20.1 Å². The maximum Gasteiger partial charge on any atom is 0.271 e. The fourth-order valence-electron chi connectivity index (χ4n) is 2.26. The zero-order valence-corrected chi connectivity index (χ0v) is 15.9. The van der Waals surface area contributed by atoms with E-state index in [1.54, 1.807) is 18.2 Å². The topological polar surface area (TPSA) is 120 Å². The number of non-ortho nitro benzene ring substituents is 1. The first kappa shape index (κ1) is 21.0. The molecular weight excluding hydrogens is 390 g/mol. The van der Waals surface area contributed by atoms with E-state index < -0.39 is 16.7 Å². The second kappa shape index (κ2) is 9.56. The molecule has 2 aromatic rings. The molecule has 0 bridgehead atoms. The normalized spacial score (nSPS) is 10.1. The van der Waals surface area contributed by atoms with Gasteiger partial charge in [-0.25, -0.2) is 0 Å². The van der Waals surface area contributed by atoms with Crippen molar-refractivity contribution in [3.8, 4) is 11.5 Å². The lowest BCUT2D eigenvalue weighted by molar-refractivity contribution is -0.384. The molecule has 0 unspecified atom stereocenters. The Morgan fingerprint density at radius 2 is 1.75 bits per heavy atom. The number of rotatable bonds is 8. The van der Waals surface area contributed by atoms with E-state index in [4.69, 9.17) is 21.1 Å². The molecule has 2 rings (SSSR count). The quantitative estimate of drug-likeness (QED) is 0.512. The molecule has 9 nitrogen and oxygen atoms in total. The third kappa shape index (κ3) is 5.58. The molecule has 0 saturated carbocycles. The number of nitrogens with zero attached hydrogens (tertiary/aromatic N) is 1. The second-order valence-electron chi connectivity index (χ2n) is 5.58. The fourth-order valence-corrected chi connectivity index (χ4v) is 2.48. The number of hydrogen-bond donors (Lipinski definition) is 2. The lowest BCUT2D eigenvalue weighted by Gasteiger charge is -2.10. The third-order valence-electron chi connectivity index (χ3n) is 3.69. The van der Waals surface area contributed by atoms with Gasteiger partial charge in [-0.2, -0.15) is 0 Å². The molecule has 0 heterocycles. The van der Waals surface area contributed by atoms with Gasteiger partial charge in [0.2, 0.25) is 5.91 Å². The van der Waals surface area contributed by atoms with Crippen molar-refractivity contribution in [1.82, 2.24) is 5.32 Å². The van der Waals surface area contributed by atoms with Crippen LogP contribution >= 0.6 is 11.6 Å². The van der Waals surface area contributed by atoms with E-state index in [2.05, 4.69) is 10.6 Å². The van der Waals surface area contributed by atoms with Crippen molar-refractivity contribution < 1.29 is 24.0 Å². The van der Waals surface area contributed by atoms with E-state index in [1.807, 2.05) is 0 Å². The van der Waals surface area contributed by atoms with E-state index >= 15 is 0 Å². The number of hydrogen-bond acceptors (Lipinski definition) is 6. The second-order valence-corrected chi connectivity index (χ2v) is 5.98. The van der Waals surface area contributed by atoms with Crippen LogP contribution in [0, 0.1) is 10.1 Å². The summed E-state index contributed by atoms with van der Waals surface area (Å²) in [5.41, 5.74) is 0.403. The predicted octanol–water partition coefficient (Wildman–Crippen LogP) is 3.02. The molecule has 2 N–H and O–H groups in total. The van der Waals surface area contributed by atoms with Crippen molar-refractivity contribution in [3.63, 3.8) is 0 Å². The van der Waals surface area contributed by atoms with Crippen molar-refractivity contribution in [1.29, 1.82) is 0 Å². The Balaban J connectivity index is 1.90. The summed E-state index contributed by atoms with van der Waals surface area (Å²) in [7, 11) is 2.95. The van der Waals surface area contributed by atoms with Crippen LogP contribution in [0.3, 0.4) is 0 Å². The minimum atomic E-state index is -0.583. The maximum absolute atomic E-state index is 12.2. The summed E-state index contributed by atoms with van der Waals surface area (Å²) in [5, 5.41) is 15.9. The van der Waals surface area contributed by atoms with Gasteiger partial charge in [0.25, 0.3) is 11.6 Å². The monoisotopic (exact) mass is 407 g/mol. The average Bonchev–Trinajstić information content (AvgIpc) is 2.68. The summed E-state index contributed by atoms with van der Waals surface area (Å²) in [4.78, 5) is 34.4. The van der Waals surface area contributed by atoms with Crippen LogP contribution in [0.5, 0.6) is 11.5 Å². The highest BCUT2D eigenvalue weighted by molar-refractivity contribution is 6.33. The Kier molecular flexibility index (Phi) is 7.16. The number of nitrogens with one attached hydrogen (secondary N) is 2. The predicted molar refractivity (Wildman–Crippen MR) is 103 cm³/mol. The van der Waals surface area contributed by atoms with Crippen LogP contribution in [0.25, 0.3) is 0 Å². The number of carbonyl (C=O) groups excluding carboxylic acids is 2. The SMILES string of the molecule is COc1cc(OC)cc(C(=O)NCCC(=O)Nc2ccc([N+](=O)[O-])cc2Cl)c1. The molecule has 148 valence electrons. The number of nitro groups is 1. The number of ether oxygens (including phenoxy) is 2. The maximum atomic E-state index is 12.2. The number of benzene rings is 2. The van der Waals surface area contributed by atoms with E-state index in [0.29, 0.717) is 17.1 Å². The fraction of sp³-hybridized carbons (Fsp3) is 0.222. The van der Waals surface area contributed by atoms with Crippen molar-refractivity contribution in [2.75, 3.05) is 26.1 Å². The van der Waals surface area contributed by atoms with Gasteiger partial charge in [0.1, 0.15) is 11.5 Å². The van der Waals surface area contributed by atoms with Gasteiger partial charge in [0.05, 0.1) is 29.9 Å². The smallest absolute Gasteiger partial charge is 0.271 e. The molecule has 0 atom stereocenters. The lowest BCUT2D eigenvalue weighted by Crippen LogP contribution is -2.27. The zero-order chi connectivity index (χ0) is 20.7. The van der Waals surface area contributed by atoms with Crippen LogP contribution in [0.1, 0.15) is 16.8 Å². The van der Waals surface area contributed by atoms with Gasteiger partial charge < -0.3 is 20.1 Å². The molecule has 0 aliphatic heterocycles. The highest BCUT2D eigenvalue weighted by Gasteiger charge is 2.13. The molecule has 0 aliphatic rings. The Morgan fingerprint density at radius 3 is 2.29 bits per heavy atom. The van der Waals surface area contributed by atoms with E-state index in [1.165, 1.54) is 26.4 Å². The van der Waals surface area contributed by atoms with Gasteiger partial charge in [-0.3, -0.25) is 19.7 Å². The Morgan fingerprint density at radius 1 is 1.11 bits per heavy atom. The molecule has 0 fully saturated rings. The molecule has 28 heavy (non-hydrogen) atoms. The summed E-state index contributed by atoms with van der Waals surface area (Å²) < 4.78 is 10.2. The number of nitro benzene ring substituents is 1. The standard InChI is InChI=1S/C18H18ClN3O6/c1-27-13-7-11(8-14(10-13)28-2)18(24)20-6-5-17(23)21-16-4-3-12(22(25)26)9-15(16)19/h3-4,7-10H,5-6H2,1-2H3,(H,20,24)(H,21,23). The van der Waals surface area contributed by atoms with E-state index in [0.717, 1.165) is 6.07 Å².